The zero-order chi connectivity index (χ0) is 14.7. The molecular formula is C12H13FN4O3. The summed E-state index contributed by atoms with van der Waals surface area (Å²) in [6.45, 7) is 0. The highest BCUT2D eigenvalue weighted by Crippen LogP contribution is 2.19. The van der Waals surface area contributed by atoms with Gasteiger partial charge in [0.1, 0.15) is 5.69 Å². The second-order valence-electron chi connectivity index (χ2n) is 4.48. The zero-order valence-electron chi connectivity index (χ0n) is 10.4. The lowest BCUT2D eigenvalue weighted by Crippen LogP contribution is -2.42. The Morgan fingerprint density at radius 3 is 2.90 bits per heavy atom. The van der Waals surface area contributed by atoms with Crippen molar-refractivity contribution in [3.05, 3.63) is 51.9 Å². The summed E-state index contributed by atoms with van der Waals surface area (Å²) >= 11 is 0. The van der Waals surface area contributed by atoms with Crippen LogP contribution in [-0.2, 0) is 0 Å². The zero-order valence-corrected chi connectivity index (χ0v) is 10.4. The van der Waals surface area contributed by atoms with Crippen LogP contribution >= 0.6 is 0 Å². The highest BCUT2D eigenvalue weighted by Gasteiger charge is 2.28. The summed E-state index contributed by atoms with van der Waals surface area (Å²) in [6, 6.07) is 2.36. The number of nitro groups is 1. The number of halogens is 1. The topological polar surface area (TPSA) is 112 Å². The first-order valence-electron chi connectivity index (χ1n) is 5.97. The number of pyridine rings is 1. The van der Waals surface area contributed by atoms with Gasteiger partial charge in [-0.25, -0.2) is 4.39 Å². The predicted octanol–water partition coefficient (Wildman–Crippen LogP) is 0.820. The van der Waals surface area contributed by atoms with E-state index in [2.05, 4.69) is 10.3 Å². The second kappa shape index (κ2) is 5.74. The summed E-state index contributed by atoms with van der Waals surface area (Å²) in [6.07, 6.45) is 2.92. The first-order valence-corrected chi connectivity index (χ1v) is 5.97. The van der Waals surface area contributed by atoms with E-state index >= 15 is 0 Å². The fourth-order valence-corrected chi connectivity index (χ4v) is 1.83. The van der Waals surface area contributed by atoms with Crippen molar-refractivity contribution in [3.63, 3.8) is 0 Å². The Kier molecular flexibility index (Phi) is 4.04. The van der Waals surface area contributed by atoms with Crippen molar-refractivity contribution in [2.24, 2.45) is 0 Å². The number of hydrogen-bond acceptors (Lipinski definition) is 6. The van der Waals surface area contributed by atoms with Gasteiger partial charge in [-0.2, -0.15) is 0 Å². The Morgan fingerprint density at radius 2 is 2.35 bits per heavy atom. The molecule has 0 aliphatic heterocycles. The van der Waals surface area contributed by atoms with Gasteiger partial charge in [-0.15, -0.1) is 0 Å². The minimum absolute atomic E-state index is 0.0682. The average molecular weight is 280 g/mol. The number of aromatic nitrogens is 1. The van der Waals surface area contributed by atoms with Gasteiger partial charge in [0.2, 0.25) is 0 Å². The minimum Gasteiger partial charge on any atom is -0.393 e. The van der Waals surface area contributed by atoms with Crippen molar-refractivity contribution in [2.75, 3.05) is 0 Å². The van der Waals surface area contributed by atoms with Crippen molar-refractivity contribution in [1.29, 1.82) is 5.41 Å². The van der Waals surface area contributed by atoms with Crippen LogP contribution in [0.4, 0.5) is 4.39 Å². The largest absolute Gasteiger partial charge is 0.393 e. The fourth-order valence-electron chi connectivity index (χ4n) is 1.83. The molecule has 0 atom stereocenters. The summed E-state index contributed by atoms with van der Waals surface area (Å²) in [4.78, 5) is 13.8. The molecule has 3 N–H and O–H groups in total. The van der Waals surface area contributed by atoms with Gasteiger partial charge in [0.25, 0.3) is 0 Å². The maximum atomic E-state index is 13.5. The standard InChI is InChI=1S/C12H13FN4O3/c13-9-2-1-3-15-12(9)11(14)10(17(19)20)6-16-7-4-8(18)5-7/h1-3,6-8,14,16,18H,4-5H2/b10-6+,14-11?. The van der Waals surface area contributed by atoms with Crippen LogP contribution in [0.5, 0.6) is 0 Å². The molecule has 106 valence electrons. The number of nitrogens with zero attached hydrogens (tertiary/aromatic N) is 2. The summed E-state index contributed by atoms with van der Waals surface area (Å²) in [7, 11) is 0. The van der Waals surface area contributed by atoms with E-state index < -0.39 is 28.3 Å². The average Bonchev–Trinajstić information content (AvgIpc) is 2.36. The van der Waals surface area contributed by atoms with E-state index in [4.69, 9.17) is 10.5 Å². The fraction of sp³-hybridized carbons (Fsp3) is 0.333. The molecule has 0 unspecified atom stereocenters. The van der Waals surface area contributed by atoms with E-state index in [1.165, 1.54) is 12.3 Å². The number of aliphatic hydroxyl groups is 1. The molecule has 0 saturated heterocycles. The van der Waals surface area contributed by atoms with Crippen LogP contribution in [0.3, 0.4) is 0 Å². The normalized spacial score (nSPS) is 22.0. The third kappa shape index (κ3) is 2.97. The van der Waals surface area contributed by atoms with Crippen LogP contribution in [0.2, 0.25) is 0 Å². The van der Waals surface area contributed by atoms with Crippen LogP contribution in [0.15, 0.2) is 30.2 Å². The van der Waals surface area contributed by atoms with E-state index in [0.29, 0.717) is 12.8 Å². The number of hydrogen-bond donors (Lipinski definition) is 3. The maximum absolute atomic E-state index is 13.5. The lowest BCUT2D eigenvalue weighted by atomic mass is 9.90. The van der Waals surface area contributed by atoms with Crippen LogP contribution < -0.4 is 5.32 Å². The molecule has 1 aromatic heterocycles. The summed E-state index contributed by atoms with van der Waals surface area (Å²) in [5, 5.41) is 30.5. The lowest BCUT2D eigenvalue weighted by Gasteiger charge is -2.31. The SMILES string of the molecule is N=C(/C(=C\NC1CC(O)C1)[N+](=O)[O-])c1ncccc1F. The molecule has 1 aromatic rings. The Hall–Kier alpha value is -2.35. The molecule has 2 rings (SSSR count). The quantitative estimate of drug-likeness (QED) is 0.420. The van der Waals surface area contributed by atoms with Gasteiger partial charge in [0.05, 0.1) is 17.2 Å². The van der Waals surface area contributed by atoms with Crippen molar-refractivity contribution >= 4 is 5.71 Å². The summed E-state index contributed by atoms with van der Waals surface area (Å²) < 4.78 is 13.5. The molecule has 0 spiro atoms. The first-order chi connectivity index (χ1) is 9.49. The lowest BCUT2D eigenvalue weighted by molar-refractivity contribution is -0.415. The van der Waals surface area contributed by atoms with Crippen LogP contribution in [0.25, 0.3) is 0 Å². The Labute approximate surface area is 113 Å². The van der Waals surface area contributed by atoms with Crippen LogP contribution in [0, 0.1) is 21.3 Å². The van der Waals surface area contributed by atoms with E-state index in [9.17, 15) is 14.5 Å². The third-order valence-corrected chi connectivity index (χ3v) is 3.02. The number of allylic oxidation sites excluding steroid dienone is 1. The minimum atomic E-state index is -0.788. The predicted molar refractivity (Wildman–Crippen MR) is 68.3 cm³/mol. The van der Waals surface area contributed by atoms with E-state index in [1.54, 1.807) is 0 Å². The van der Waals surface area contributed by atoms with Gasteiger partial charge in [0, 0.05) is 12.2 Å². The van der Waals surface area contributed by atoms with E-state index in [-0.39, 0.29) is 11.7 Å². The molecule has 1 aliphatic carbocycles. The first kappa shape index (κ1) is 14.1. The summed E-state index contributed by atoms with van der Waals surface area (Å²) in [5.74, 6) is -0.788. The smallest absolute Gasteiger partial charge is 0.311 e. The van der Waals surface area contributed by atoms with Gasteiger partial charge in [-0.05, 0) is 25.0 Å². The molecule has 1 fully saturated rings. The number of nitrogens with one attached hydrogen (secondary N) is 2. The molecule has 0 bridgehead atoms. The number of rotatable bonds is 5. The van der Waals surface area contributed by atoms with Crippen LogP contribution in [-0.4, -0.2) is 32.9 Å². The van der Waals surface area contributed by atoms with Crippen molar-refractivity contribution < 1.29 is 14.4 Å². The highest BCUT2D eigenvalue weighted by atomic mass is 19.1. The Bertz CT molecular complexity index is 570. The van der Waals surface area contributed by atoms with Gasteiger partial charge in [-0.3, -0.25) is 20.5 Å². The Balaban J connectivity index is 2.16. The van der Waals surface area contributed by atoms with E-state index in [1.807, 2.05) is 0 Å². The van der Waals surface area contributed by atoms with Gasteiger partial charge in [0.15, 0.2) is 11.5 Å². The molecule has 8 heteroatoms. The van der Waals surface area contributed by atoms with Gasteiger partial charge < -0.3 is 10.4 Å². The van der Waals surface area contributed by atoms with Crippen molar-refractivity contribution in [2.45, 2.75) is 25.0 Å². The van der Waals surface area contributed by atoms with Gasteiger partial charge in [-0.1, -0.05) is 0 Å². The number of aliphatic hydroxyl groups excluding tert-OH is 1. The molecule has 0 amide bonds. The van der Waals surface area contributed by atoms with Gasteiger partial charge >= 0.3 is 5.70 Å². The molecular weight excluding hydrogens is 267 g/mol. The third-order valence-electron chi connectivity index (χ3n) is 3.02. The molecule has 0 radical (unpaired) electrons. The molecule has 1 aliphatic rings. The summed E-state index contributed by atoms with van der Waals surface area (Å²) in [5.41, 5.74) is -1.53. The highest BCUT2D eigenvalue weighted by molar-refractivity contribution is 6.07. The second-order valence-corrected chi connectivity index (χ2v) is 4.48. The maximum Gasteiger partial charge on any atom is 0.311 e. The van der Waals surface area contributed by atoms with E-state index in [0.717, 1.165) is 12.3 Å². The van der Waals surface area contributed by atoms with Crippen molar-refractivity contribution in [1.82, 2.24) is 10.3 Å². The molecule has 7 nitrogen and oxygen atoms in total. The van der Waals surface area contributed by atoms with Crippen LogP contribution in [0.1, 0.15) is 18.5 Å². The molecule has 1 saturated carbocycles. The Morgan fingerprint density at radius 1 is 1.65 bits per heavy atom. The molecule has 1 heterocycles. The molecule has 20 heavy (non-hydrogen) atoms. The monoisotopic (exact) mass is 280 g/mol. The van der Waals surface area contributed by atoms with Crippen molar-refractivity contribution in [3.8, 4) is 0 Å². The molecule has 0 aromatic carbocycles.